The van der Waals surface area contributed by atoms with Gasteiger partial charge in [-0.2, -0.15) is 0 Å². The first-order valence-electron chi connectivity index (χ1n) is 9.44. The molecule has 0 aliphatic carbocycles. The topological polar surface area (TPSA) is 46.9 Å². The second kappa shape index (κ2) is 8.29. The Hall–Kier alpha value is -2.44. The summed E-state index contributed by atoms with van der Waals surface area (Å²) in [6, 6.07) is 9.97. The molecule has 3 rings (SSSR count). The number of quaternary nitrogens is 1. The van der Waals surface area contributed by atoms with Crippen molar-refractivity contribution in [3.05, 3.63) is 52.6 Å². The number of hydrogen-bond acceptors (Lipinski definition) is 4. The summed E-state index contributed by atoms with van der Waals surface area (Å²) in [6.45, 7) is 7.49. The van der Waals surface area contributed by atoms with Crippen molar-refractivity contribution in [3.8, 4) is 5.75 Å². The Balaban J connectivity index is 2.10. The summed E-state index contributed by atoms with van der Waals surface area (Å²) in [6.07, 6.45) is 0. The van der Waals surface area contributed by atoms with Gasteiger partial charge in [-0.25, -0.2) is 4.98 Å². The molecule has 0 fully saturated rings. The van der Waals surface area contributed by atoms with E-state index in [1.54, 1.807) is 18.4 Å². The third kappa shape index (κ3) is 4.03. The lowest BCUT2D eigenvalue weighted by atomic mass is 10.0. The molecule has 0 spiro atoms. The van der Waals surface area contributed by atoms with Crippen LogP contribution in [0.25, 0.3) is 10.2 Å². The van der Waals surface area contributed by atoms with Crippen molar-refractivity contribution in [3.63, 3.8) is 0 Å². The van der Waals surface area contributed by atoms with Crippen LogP contribution in [0.4, 0.5) is 5.13 Å². The lowest BCUT2D eigenvalue weighted by Gasteiger charge is -2.21. The molecule has 0 saturated heterocycles. The molecule has 0 bridgehead atoms. The Labute approximate surface area is 170 Å². The van der Waals surface area contributed by atoms with Crippen LogP contribution < -0.4 is 14.5 Å². The molecule has 0 radical (unpaired) electrons. The summed E-state index contributed by atoms with van der Waals surface area (Å²) in [7, 11) is 5.83. The van der Waals surface area contributed by atoms with Gasteiger partial charge >= 0.3 is 0 Å². The fourth-order valence-corrected chi connectivity index (χ4v) is 4.19. The zero-order valence-electron chi connectivity index (χ0n) is 17.4. The first-order chi connectivity index (χ1) is 13.3. The molecule has 28 heavy (non-hydrogen) atoms. The van der Waals surface area contributed by atoms with Crippen molar-refractivity contribution in [2.24, 2.45) is 0 Å². The normalized spacial score (nSPS) is 11.2. The van der Waals surface area contributed by atoms with E-state index in [1.165, 1.54) is 4.90 Å². The van der Waals surface area contributed by atoms with Gasteiger partial charge in [-0.15, -0.1) is 0 Å². The molecule has 0 atom stereocenters. The summed E-state index contributed by atoms with van der Waals surface area (Å²) in [5.41, 5.74) is 4.74. The van der Waals surface area contributed by atoms with E-state index in [9.17, 15) is 4.79 Å². The molecule has 5 nitrogen and oxygen atoms in total. The van der Waals surface area contributed by atoms with Crippen molar-refractivity contribution in [1.29, 1.82) is 0 Å². The number of ether oxygens (including phenoxy) is 1. The average molecular weight is 399 g/mol. The Morgan fingerprint density at radius 1 is 1.14 bits per heavy atom. The van der Waals surface area contributed by atoms with Crippen molar-refractivity contribution < 1.29 is 14.4 Å². The number of fused-ring (bicyclic) bond motifs is 1. The van der Waals surface area contributed by atoms with Crippen LogP contribution in [0.2, 0.25) is 0 Å². The summed E-state index contributed by atoms with van der Waals surface area (Å²) < 4.78 is 6.55. The third-order valence-electron chi connectivity index (χ3n) is 4.85. The summed E-state index contributed by atoms with van der Waals surface area (Å²) in [5, 5.41) is 0.717. The number of rotatable bonds is 6. The number of benzene rings is 2. The van der Waals surface area contributed by atoms with Crippen molar-refractivity contribution in [1.82, 2.24) is 4.98 Å². The standard InChI is InChI=1S/C22H27N3O2S/c1-14-7-8-15(2)17(13-14)21(26)25(12-11-24(4)5)22-23-19-18(27-6)10-9-16(3)20(19)28-22/h7-10,13H,11-12H2,1-6H3/p+1. The maximum absolute atomic E-state index is 13.5. The number of hydrogen-bond donors (Lipinski definition) is 1. The first kappa shape index (κ1) is 20.3. The molecule has 0 saturated carbocycles. The lowest BCUT2D eigenvalue weighted by Crippen LogP contribution is -3.06. The van der Waals surface area contributed by atoms with E-state index in [-0.39, 0.29) is 5.91 Å². The number of amides is 1. The van der Waals surface area contributed by atoms with E-state index in [2.05, 4.69) is 21.0 Å². The minimum atomic E-state index is -0.00174. The number of aromatic nitrogens is 1. The predicted octanol–water partition coefficient (Wildman–Crippen LogP) is 3.02. The van der Waals surface area contributed by atoms with E-state index in [4.69, 9.17) is 9.72 Å². The second-order valence-corrected chi connectivity index (χ2v) is 8.47. The molecule has 3 aromatic rings. The highest BCUT2D eigenvalue weighted by atomic mass is 32.1. The van der Waals surface area contributed by atoms with Gasteiger partial charge in [0.2, 0.25) is 0 Å². The summed E-state index contributed by atoms with van der Waals surface area (Å²) >= 11 is 1.55. The average Bonchev–Trinajstić information content (AvgIpc) is 3.10. The molecule has 6 heteroatoms. The number of likely N-dealkylation sites (N-methyl/N-ethyl adjacent to an activating group) is 1. The van der Waals surface area contributed by atoms with Gasteiger partial charge in [-0.3, -0.25) is 9.69 Å². The molecule has 148 valence electrons. The van der Waals surface area contributed by atoms with Crippen molar-refractivity contribution in [2.75, 3.05) is 39.2 Å². The number of carbonyl (C=O) groups excluding carboxylic acids is 1. The molecule has 0 aliphatic heterocycles. The van der Waals surface area contributed by atoms with E-state index in [1.807, 2.05) is 49.1 Å². The molecule has 1 aromatic heterocycles. The smallest absolute Gasteiger partial charge is 0.260 e. The van der Waals surface area contributed by atoms with Gasteiger partial charge in [-0.05, 0) is 44.0 Å². The first-order valence-corrected chi connectivity index (χ1v) is 10.3. The quantitative estimate of drug-likeness (QED) is 0.694. The molecular weight excluding hydrogens is 370 g/mol. The van der Waals surface area contributed by atoms with Crippen molar-refractivity contribution in [2.45, 2.75) is 20.8 Å². The molecule has 1 N–H and O–H groups in total. The zero-order valence-corrected chi connectivity index (χ0v) is 18.2. The van der Waals surface area contributed by atoms with Crippen LogP contribution in [0.5, 0.6) is 5.75 Å². The van der Waals surface area contributed by atoms with Crippen LogP contribution in [0.15, 0.2) is 30.3 Å². The van der Waals surface area contributed by atoms with Crippen LogP contribution in [-0.4, -0.2) is 45.2 Å². The van der Waals surface area contributed by atoms with Gasteiger partial charge in [0, 0.05) is 5.56 Å². The highest BCUT2D eigenvalue weighted by Crippen LogP contribution is 2.36. The third-order valence-corrected chi connectivity index (χ3v) is 6.06. The zero-order chi connectivity index (χ0) is 20.4. The number of nitrogens with one attached hydrogen (secondary N) is 1. The van der Waals surface area contributed by atoms with Gasteiger partial charge in [0.15, 0.2) is 5.13 Å². The molecule has 1 amide bonds. The van der Waals surface area contributed by atoms with Gasteiger partial charge in [0.25, 0.3) is 5.91 Å². The highest BCUT2D eigenvalue weighted by Gasteiger charge is 2.24. The van der Waals surface area contributed by atoms with Crippen LogP contribution in [0, 0.1) is 20.8 Å². The number of methoxy groups -OCH3 is 1. The van der Waals surface area contributed by atoms with Gasteiger partial charge in [0.05, 0.1) is 39.0 Å². The molecule has 0 aliphatic rings. The SMILES string of the molecule is COc1ccc(C)c2sc(N(CC[NH+](C)C)C(=O)c3cc(C)ccc3C)nc12. The maximum Gasteiger partial charge on any atom is 0.260 e. The minimum Gasteiger partial charge on any atom is -0.494 e. The maximum atomic E-state index is 13.5. The predicted molar refractivity (Wildman–Crippen MR) is 116 cm³/mol. The van der Waals surface area contributed by atoms with Gasteiger partial charge < -0.3 is 9.64 Å². The van der Waals surface area contributed by atoms with E-state index in [0.717, 1.165) is 49.9 Å². The lowest BCUT2D eigenvalue weighted by molar-refractivity contribution is -0.856. The molecule has 1 heterocycles. The Morgan fingerprint density at radius 3 is 2.54 bits per heavy atom. The monoisotopic (exact) mass is 398 g/mol. The van der Waals surface area contributed by atoms with E-state index in [0.29, 0.717) is 6.54 Å². The summed E-state index contributed by atoms with van der Waals surface area (Å²) in [4.78, 5) is 21.4. The Kier molecular flexibility index (Phi) is 6.01. The van der Waals surface area contributed by atoms with Crippen LogP contribution in [0.3, 0.4) is 0 Å². The van der Waals surface area contributed by atoms with Crippen molar-refractivity contribution >= 4 is 32.6 Å². The van der Waals surface area contributed by atoms with Crippen LogP contribution in [0.1, 0.15) is 27.0 Å². The van der Waals surface area contributed by atoms with E-state index < -0.39 is 0 Å². The molecular formula is C22H28N3O2S+. The van der Waals surface area contributed by atoms with Crippen LogP contribution in [-0.2, 0) is 0 Å². The largest absolute Gasteiger partial charge is 0.494 e. The summed E-state index contributed by atoms with van der Waals surface area (Å²) in [5.74, 6) is 0.735. The number of thiazole rings is 1. The fraction of sp³-hybridized carbons (Fsp3) is 0.364. The van der Waals surface area contributed by atoms with E-state index >= 15 is 0 Å². The fourth-order valence-electron chi connectivity index (χ4n) is 3.11. The number of anilines is 1. The Morgan fingerprint density at radius 2 is 1.86 bits per heavy atom. The number of carbonyl (C=O) groups is 1. The number of nitrogens with zero attached hydrogens (tertiary/aromatic N) is 2. The Bertz CT molecular complexity index is 1010. The second-order valence-electron chi connectivity index (χ2n) is 7.49. The highest BCUT2D eigenvalue weighted by molar-refractivity contribution is 7.22. The molecule has 2 aromatic carbocycles. The van der Waals surface area contributed by atoms with Crippen LogP contribution >= 0.6 is 11.3 Å². The minimum absolute atomic E-state index is 0.00174. The van der Waals surface area contributed by atoms with Gasteiger partial charge in [0.1, 0.15) is 11.3 Å². The molecule has 0 unspecified atom stereocenters. The van der Waals surface area contributed by atoms with Gasteiger partial charge in [-0.1, -0.05) is 35.1 Å². The number of aryl methyl sites for hydroxylation is 3.